The molecular weight excluding hydrogens is 194 g/mol. The number of carbonyl (C=O) groups is 1. The first-order valence-corrected chi connectivity index (χ1v) is 5.82. The van der Waals surface area contributed by atoms with Crippen molar-refractivity contribution >= 4 is 29.3 Å². The third-order valence-electron chi connectivity index (χ3n) is 1.43. The molecule has 0 aliphatic rings. The van der Waals surface area contributed by atoms with Crippen molar-refractivity contribution in [3.63, 3.8) is 0 Å². The molecule has 2 nitrogen and oxygen atoms in total. The average Bonchev–Trinajstić information content (AvgIpc) is 2.05. The predicted molar refractivity (Wildman–Crippen MR) is 55.9 cm³/mol. The van der Waals surface area contributed by atoms with Gasteiger partial charge in [-0.3, -0.25) is 4.79 Å². The summed E-state index contributed by atoms with van der Waals surface area (Å²) in [4.78, 5) is 10.8. The number of rotatable bonds is 6. The van der Waals surface area contributed by atoms with Crippen molar-refractivity contribution in [3.8, 4) is 0 Å². The first-order chi connectivity index (χ1) is 5.70. The fourth-order valence-electron chi connectivity index (χ4n) is 0.790. The molecule has 0 rings (SSSR count). The van der Waals surface area contributed by atoms with Crippen molar-refractivity contribution < 1.29 is 4.79 Å². The summed E-state index contributed by atoms with van der Waals surface area (Å²) in [5, 5.41) is 2.80. The van der Waals surface area contributed by atoms with E-state index in [1.54, 1.807) is 0 Å². The zero-order chi connectivity index (χ0) is 9.40. The maximum Gasteiger partial charge on any atom is 0.235 e. The van der Waals surface area contributed by atoms with E-state index in [4.69, 9.17) is 11.6 Å². The van der Waals surface area contributed by atoms with Crippen molar-refractivity contribution in [3.05, 3.63) is 0 Å². The SMILES string of the molecule is CCSCCC(C)NC(=O)CCl. The van der Waals surface area contributed by atoms with Gasteiger partial charge in [0.15, 0.2) is 0 Å². The highest BCUT2D eigenvalue weighted by molar-refractivity contribution is 7.99. The maximum absolute atomic E-state index is 10.8. The number of halogens is 1. The zero-order valence-electron chi connectivity index (χ0n) is 7.60. The summed E-state index contributed by atoms with van der Waals surface area (Å²) in [7, 11) is 0. The Kier molecular flexibility index (Phi) is 7.81. The molecule has 4 heteroatoms. The summed E-state index contributed by atoms with van der Waals surface area (Å²) in [5.41, 5.74) is 0. The molecule has 0 spiro atoms. The van der Waals surface area contributed by atoms with E-state index in [0.717, 1.165) is 17.9 Å². The van der Waals surface area contributed by atoms with E-state index in [1.807, 2.05) is 18.7 Å². The predicted octanol–water partition coefficient (Wildman–Crippen LogP) is 1.87. The standard InChI is InChI=1S/C8H16ClNOS/c1-3-12-5-4-7(2)10-8(11)6-9/h7H,3-6H2,1-2H3,(H,10,11). The molecule has 0 fully saturated rings. The third kappa shape index (κ3) is 6.80. The van der Waals surface area contributed by atoms with Crippen LogP contribution >= 0.6 is 23.4 Å². The molecule has 0 bridgehead atoms. The first-order valence-electron chi connectivity index (χ1n) is 4.13. The lowest BCUT2D eigenvalue weighted by atomic mass is 10.2. The van der Waals surface area contributed by atoms with Gasteiger partial charge < -0.3 is 5.32 Å². The molecule has 0 aromatic rings. The number of amides is 1. The van der Waals surface area contributed by atoms with Crippen LogP contribution in [0.1, 0.15) is 20.3 Å². The van der Waals surface area contributed by atoms with E-state index in [0.29, 0.717) is 0 Å². The Labute approximate surface area is 83.4 Å². The fourth-order valence-corrected chi connectivity index (χ4v) is 1.68. The molecule has 0 aliphatic heterocycles. The Morgan fingerprint density at radius 2 is 2.33 bits per heavy atom. The Bertz CT molecular complexity index is 132. The summed E-state index contributed by atoms with van der Waals surface area (Å²) >= 11 is 7.23. The Balaban J connectivity index is 3.32. The van der Waals surface area contributed by atoms with Crippen molar-refractivity contribution in [2.75, 3.05) is 17.4 Å². The van der Waals surface area contributed by atoms with Gasteiger partial charge in [0.05, 0.1) is 0 Å². The van der Waals surface area contributed by atoms with Crippen molar-refractivity contribution in [2.45, 2.75) is 26.3 Å². The van der Waals surface area contributed by atoms with Crippen LogP contribution in [-0.2, 0) is 4.79 Å². The number of hydrogen-bond acceptors (Lipinski definition) is 2. The average molecular weight is 210 g/mol. The number of nitrogens with one attached hydrogen (secondary N) is 1. The smallest absolute Gasteiger partial charge is 0.235 e. The lowest BCUT2D eigenvalue weighted by Crippen LogP contribution is -2.33. The van der Waals surface area contributed by atoms with Crippen LogP contribution in [0.15, 0.2) is 0 Å². The van der Waals surface area contributed by atoms with E-state index < -0.39 is 0 Å². The first kappa shape index (κ1) is 12.1. The molecular formula is C8H16ClNOS. The summed E-state index contributed by atoms with van der Waals surface area (Å²) in [6.45, 7) is 4.13. The molecule has 0 aliphatic carbocycles. The molecule has 0 radical (unpaired) electrons. The Morgan fingerprint density at radius 3 is 2.83 bits per heavy atom. The monoisotopic (exact) mass is 209 g/mol. The zero-order valence-corrected chi connectivity index (χ0v) is 9.17. The number of thioether (sulfide) groups is 1. The molecule has 1 atom stereocenters. The van der Waals surface area contributed by atoms with E-state index in [9.17, 15) is 4.79 Å². The molecule has 1 amide bonds. The molecule has 12 heavy (non-hydrogen) atoms. The van der Waals surface area contributed by atoms with E-state index in [2.05, 4.69) is 12.2 Å². The van der Waals surface area contributed by atoms with Crippen molar-refractivity contribution in [1.29, 1.82) is 0 Å². The lowest BCUT2D eigenvalue weighted by molar-refractivity contribution is -0.119. The summed E-state index contributed by atoms with van der Waals surface area (Å²) in [6, 6.07) is 0.246. The number of hydrogen-bond donors (Lipinski definition) is 1. The van der Waals surface area contributed by atoms with Gasteiger partial charge in [0.2, 0.25) is 5.91 Å². The molecule has 0 saturated heterocycles. The number of alkyl halides is 1. The van der Waals surface area contributed by atoms with Crippen molar-refractivity contribution in [2.24, 2.45) is 0 Å². The van der Waals surface area contributed by atoms with Gasteiger partial charge in [0, 0.05) is 6.04 Å². The molecule has 72 valence electrons. The van der Waals surface area contributed by atoms with Crippen LogP contribution in [0.25, 0.3) is 0 Å². The van der Waals surface area contributed by atoms with Crippen LogP contribution in [0.5, 0.6) is 0 Å². The van der Waals surface area contributed by atoms with Gasteiger partial charge in [0.25, 0.3) is 0 Å². The van der Waals surface area contributed by atoms with Crippen LogP contribution in [0.3, 0.4) is 0 Å². The number of carbonyl (C=O) groups excluding carboxylic acids is 1. The van der Waals surface area contributed by atoms with Gasteiger partial charge in [-0.2, -0.15) is 11.8 Å². The molecule has 1 N–H and O–H groups in total. The van der Waals surface area contributed by atoms with Gasteiger partial charge in [-0.15, -0.1) is 11.6 Å². The second kappa shape index (κ2) is 7.74. The molecule has 0 aromatic carbocycles. The highest BCUT2D eigenvalue weighted by atomic mass is 35.5. The maximum atomic E-state index is 10.8. The molecule has 1 unspecified atom stereocenters. The molecule has 0 heterocycles. The van der Waals surface area contributed by atoms with Crippen LogP contribution in [0, 0.1) is 0 Å². The fraction of sp³-hybridized carbons (Fsp3) is 0.875. The third-order valence-corrected chi connectivity index (χ3v) is 2.60. The topological polar surface area (TPSA) is 29.1 Å². The molecule has 0 saturated carbocycles. The second-order valence-electron chi connectivity index (χ2n) is 2.59. The van der Waals surface area contributed by atoms with Crippen LogP contribution < -0.4 is 5.32 Å². The van der Waals surface area contributed by atoms with E-state index in [-0.39, 0.29) is 17.8 Å². The summed E-state index contributed by atoms with van der Waals surface area (Å²) in [5.74, 6) is 2.22. The summed E-state index contributed by atoms with van der Waals surface area (Å²) in [6.07, 6.45) is 1.02. The minimum absolute atomic E-state index is 0.0608. The quantitative estimate of drug-likeness (QED) is 0.535. The Hall–Kier alpha value is 0.110. The van der Waals surface area contributed by atoms with Gasteiger partial charge in [-0.1, -0.05) is 6.92 Å². The van der Waals surface area contributed by atoms with Crippen LogP contribution in [0.2, 0.25) is 0 Å². The highest BCUT2D eigenvalue weighted by Gasteiger charge is 2.04. The van der Waals surface area contributed by atoms with Gasteiger partial charge >= 0.3 is 0 Å². The van der Waals surface area contributed by atoms with Crippen LogP contribution in [-0.4, -0.2) is 29.3 Å². The second-order valence-corrected chi connectivity index (χ2v) is 4.25. The Morgan fingerprint density at radius 1 is 1.67 bits per heavy atom. The summed E-state index contributed by atoms with van der Waals surface area (Å²) < 4.78 is 0. The van der Waals surface area contributed by atoms with E-state index in [1.165, 1.54) is 0 Å². The molecule has 0 aromatic heterocycles. The van der Waals surface area contributed by atoms with Gasteiger partial charge in [-0.05, 0) is 24.9 Å². The van der Waals surface area contributed by atoms with Gasteiger partial charge in [-0.25, -0.2) is 0 Å². The minimum Gasteiger partial charge on any atom is -0.353 e. The minimum atomic E-state index is -0.0781. The van der Waals surface area contributed by atoms with Crippen molar-refractivity contribution in [1.82, 2.24) is 5.32 Å². The van der Waals surface area contributed by atoms with Gasteiger partial charge in [0.1, 0.15) is 5.88 Å². The highest BCUT2D eigenvalue weighted by Crippen LogP contribution is 2.03. The van der Waals surface area contributed by atoms with Crippen LogP contribution in [0.4, 0.5) is 0 Å². The van der Waals surface area contributed by atoms with E-state index >= 15 is 0 Å². The lowest BCUT2D eigenvalue weighted by Gasteiger charge is -2.11. The largest absolute Gasteiger partial charge is 0.353 e. The normalized spacial score (nSPS) is 12.6.